The van der Waals surface area contributed by atoms with Gasteiger partial charge in [0.2, 0.25) is 0 Å². The lowest BCUT2D eigenvalue weighted by atomic mass is 10.1. The van der Waals surface area contributed by atoms with Gasteiger partial charge in [-0.15, -0.1) is 0 Å². The molecule has 0 aliphatic rings. The highest BCUT2D eigenvalue weighted by Crippen LogP contribution is 2.03. The molecule has 1 aromatic heterocycles. The highest BCUT2D eigenvalue weighted by molar-refractivity contribution is 4.88. The molecular formula is C12H21N3. The average molecular weight is 207 g/mol. The predicted molar refractivity (Wildman–Crippen MR) is 62.5 cm³/mol. The fraction of sp³-hybridized carbons (Fsp3) is 0.667. The highest BCUT2D eigenvalue weighted by Gasteiger charge is 2.01. The van der Waals surface area contributed by atoms with Gasteiger partial charge >= 0.3 is 0 Å². The van der Waals surface area contributed by atoms with Crippen LogP contribution in [-0.2, 0) is 6.54 Å². The van der Waals surface area contributed by atoms with E-state index in [-0.39, 0.29) is 0 Å². The van der Waals surface area contributed by atoms with Gasteiger partial charge < -0.3 is 5.32 Å². The Morgan fingerprint density at radius 3 is 2.67 bits per heavy atom. The summed E-state index contributed by atoms with van der Waals surface area (Å²) in [5.41, 5.74) is 0. The van der Waals surface area contributed by atoms with Crippen molar-refractivity contribution in [3.8, 4) is 0 Å². The standard InChI is InChI=1S/C12H21N3/c1-3-4-5-7-11(2)15-10-12-13-8-6-9-14-12/h6,8-9,11,15H,3-5,7,10H2,1-2H3. The van der Waals surface area contributed by atoms with Crippen LogP contribution in [0.1, 0.15) is 45.4 Å². The molecule has 0 saturated heterocycles. The second kappa shape index (κ2) is 7.35. The van der Waals surface area contributed by atoms with E-state index in [2.05, 4.69) is 29.1 Å². The molecule has 0 amide bonds. The van der Waals surface area contributed by atoms with Gasteiger partial charge in [-0.3, -0.25) is 0 Å². The lowest BCUT2D eigenvalue weighted by molar-refractivity contribution is 0.480. The van der Waals surface area contributed by atoms with Gasteiger partial charge in [0.15, 0.2) is 0 Å². The van der Waals surface area contributed by atoms with Crippen molar-refractivity contribution in [2.45, 2.75) is 52.1 Å². The minimum atomic E-state index is 0.556. The molecule has 1 heterocycles. The molecular weight excluding hydrogens is 186 g/mol. The zero-order valence-corrected chi connectivity index (χ0v) is 9.74. The van der Waals surface area contributed by atoms with Crippen LogP contribution in [0.5, 0.6) is 0 Å². The third kappa shape index (κ3) is 5.47. The molecule has 0 bridgehead atoms. The summed E-state index contributed by atoms with van der Waals surface area (Å²) >= 11 is 0. The number of nitrogens with one attached hydrogen (secondary N) is 1. The summed E-state index contributed by atoms with van der Waals surface area (Å²) in [5, 5.41) is 3.43. The number of nitrogens with zero attached hydrogens (tertiary/aromatic N) is 2. The highest BCUT2D eigenvalue weighted by atomic mass is 15.0. The summed E-state index contributed by atoms with van der Waals surface area (Å²) in [4.78, 5) is 8.35. The summed E-state index contributed by atoms with van der Waals surface area (Å²) < 4.78 is 0. The minimum absolute atomic E-state index is 0.556. The van der Waals surface area contributed by atoms with Crippen molar-refractivity contribution >= 4 is 0 Å². The second-order valence-electron chi connectivity index (χ2n) is 3.94. The summed E-state index contributed by atoms with van der Waals surface area (Å²) in [6, 6.07) is 2.40. The number of unbranched alkanes of at least 4 members (excludes halogenated alkanes) is 2. The maximum atomic E-state index is 4.17. The summed E-state index contributed by atoms with van der Waals surface area (Å²) in [5.74, 6) is 0.875. The number of hydrogen-bond donors (Lipinski definition) is 1. The monoisotopic (exact) mass is 207 g/mol. The first-order valence-electron chi connectivity index (χ1n) is 5.82. The molecule has 1 unspecified atom stereocenters. The van der Waals surface area contributed by atoms with E-state index in [0.717, 1.165) is 12.4 Å². The molecule has 0 aromatic carbocycles. The number of aromatic nitrogens is 2. The second-order valence-corrected chi connectivity index (χ2v) is 3.94. The van der Waals surface area contributed by atoms with E-state index >= 15 is 0 Å². The van der Waals surface area contributed by atoms with Crippen molar-refractivity contribution in [3.63, 3.8) is 0 Å². The Kier molecular flexibility index (Phi) is 5.93. The lowest BCUT2D eigenvalue weighted by Gasteiger charge is -2.12. The van der Waals surface area contributed by atoms with Crippen LogP contribution in [0.4, 0.5) is 0 Å². The van der Waals surface area contributed by atoms with Crippen LogP contribution in [-0.4, -0.2) is 16.0 Å². The van der Waals surface area contributed by atoms with Crippen LogP contribution < -0.4 is 5.32 Å². The van der Waals surface area contributed by atoms with Gasteiger partial charge in [-0.1, -0.05) is 26.2 Å². The van der Waals surface area contributed by atoms with Gasteiger partial charge in [-0.25, -0.2) is 9.97 Å². The van der Waals surface area contributed by atoms with Crippen molar-refractivity contribution in [2.75, 3.05) is 0 Å². The Bertz CT molecular complexity index is 248. The van der Waals surface area contributed by atoms with E-state index in [1.807, 2.05) is 6.07 Å². The van der Waals surface area contributed by atoms with Crippen LogP contribution in [0.15, 0.2) is 18.5 Å². The topological polar surface area (TPSA) is 37.8 Å². The average Bonchev–Trinajstić information content (AvgIpc) is 2.28. The molecule has 1 N–H and O–H groups in total. The quantitative estimate of drug-likeness (QED) is 0.698. The molecule has 84 valence electrons. The Balaban J connectivity index is 2.14. The Morgan fingerprint density at radius 2 is 2.00 bits per heavy atom. The van der Waals surface area contributed by atoms with E-state index in [1.165, 1.54) is 25.7 Å². The fourth-order valence-corrected chi connectivity index (χ4v) is 1.49. The van der Waals surface area contributed by atoms with Crippen molar-refractivity contribution in [2.24, 2.45) is 0 Å². The first-order chi connectivity index (χ1) is 7.33. The molecule has 3 heteroatoms. The first kappa shape index (κ1) is 12.1. The Morgan fingerprint density at radius 1 is 1.27 bits per heavy atom. The molecule has 0 radical (unpaired) electrons. The van der Waals surface area contributed by atoms with Gasteiger partial charge in [0.1, 0.15) is 5.82 Å². The van der Waals surface area contributed by atoms with Gasteiger partial charge in [0, 0.05) is 18.4 Å². The van der Waals surface area contributed by atoms with E-state index < -0.39 is 0 Å². The zero-order valence-electron chi connectivity index (χ0n) is 9.74. The van der Waals surface area contributed by atoms with Crippen molar-refractivity contribution in [1.82, 2.24) is 15.3 Å². The van der Waals surface area contributed by atoms with Crippen molar-refractivity contribution in [1.29, 1.82) is 0 Å². The molecule has 0 fully saturated rings. The largest absolute Gasteiger partial charge is 0.307 e. The summed E-state index contributed by atoms with van der Waals surface area (Å²) in [7, 11) is 0. The third-order valence-electron chi connectivity index (χ3n) is 2.47. The molecule has 0 aliphatic carbocycles. The molecule has 0 spiro atoms. The molecule has 0 saturated carbocycles. The Hall–Kier alpha value is -0.960. The van der Waals surface area contributed by atoms with Gasteiger partial charge in [-0.05, 0) is 19.4 Å². The van der Waals surface area contributed by atoms with Gasteiger partial charge in [-0.2, -0.15) is 0 Å². The number of rotatable bonds is 7. The molecule has 1 rings (SSSR count). The lowest BCUT2D eigenvalue weighted by Crippen LogP contribution is -2.26. The van der Waals surface area contributed by atoms with E-state index in [9.17, 15) is 0 Å². The maximum Gasteiger partial charge on any atom is 0.141 e. The van der Waals surface area contributed by atoms with Crippen molar-refractivity contribution in [3.05, 3.63) is 24.3 Å². The maximum absolute atomic E-state index is 4.17. The van der Waals surface area contributed by atoms with Crippen molar-refractivity contribution < 1.29 is 0 Å². The van der Waals surface area contributed by atoms with E-state index in [1.54, 1.807) is 12.4 Å². The minimum Gasteiger partial charge on any atom is -0.307 e. The number of hydrogen-bond acceptors (Lipinski definition) is 3. The van der Waals surface area contributed by atoms with Crippen LogP contribution in [0.3, 0.4) is 0 Å². The Labute approximate surface area is 92.3 Å². The van der Waals surface area contributed by atoms with Crippen LogP contribution >= 0.6 is 0 Å². The molecule has 0 aliphatic heterocycles. The zero-order chi connectivity index (χ0) is 10.9. The van der Waals surface area contributed by atoms with E-state index in [4.69, 9.17) is 0 Å². The summed E-state index contributed by atoms with van der Waals surface area (Å²) in [6.45, 7) is 5.22. The fourth-order valence-electron chi connectivity index (χ4n) is 1.49. The SMILES string of the molecule is CCCCCC(C)NCc1ncccn1. The summed E-state index contributed by atoms with van der Waals surface area (Å²) in [6.07, 6.45) is 8.72. The first-order valence-corrected chi connectivity index (χ1v) is 5.82. The van der Waals surface area contributed by atoms with Gasteiger partial charge in [0.25, 0.3) is 0 Å². The van der Waals surface area contributed by atoms with Crippen LogP contribution in [0.2, 0.25) is 0 Å². The predicted octanol–water partition coefficient (Wildman–Crippen LogP) is 2.54. The molecule has 15 heavy (non-hydrogen) atoms. The van der Waals surface area contributed by atoms with Crippen LogP contribution in [0, 0.1) is 0 Å². The van der Waals surface area contributed by atoms with Crippen LogP contribution in [0.25, 0.3) is 0 Å². The van der Waals surface area contributed by atoms with E-state index in [0.29, 0.717) is 6.04 Å². The third-order valence-corrected chi connectivity index (χ3v) is 2.47. The molecule has 1 atom stereocenters. The van der Waals surface area contributed by atoms with Gasteiger partial charge in [0.05, 0.1) is 6.54 Å². The molecule has 3 nitrogen and oxygen atoms in total. The molecule has 1 aromatic rings. The normalized spacial score (nSPS) is 12.7. The smallest absolute Gasteiger partial charge is 0.141 e.